The van der Waals surface area contributed by atoms with Gasteiger partial charge in [-0.2, -0.15) is 0 Å². The first-order valence-corrected chi connectivity index (χ1v) is 11.5. The molecule has 1 saturated heterocycles. The molecule has 1 amide bonds. The number of benzene rings is 2. The quantitative estimate of drug-likeness (QED) is 0.270. The van der Waals surface area contributed by atoms with Gasteiger partial charge in [0.1, 0.15) is 24.4 Å². The zero-order valence-electron chi connectivity index (χ0n) is 21.1. The molecule has 2 aliphatic rings. The Morgan fingerprint density at radius 3 is 2.54 bits per heavy atom. The molecule has 0 aromatic heterocycles. The molecular formula is C26H29NO10. The third-order valence-electron chi connectivity index (χ3n) is 5.99. The molecule has 198 valence electrons. The molecule has 1 N–H and O–H groups in total. The number of hydrogen-bond donors (Lipinski definition) is 1. The molecule has 11 heteroatoms. The number of nitrogens with one attached hydrogen (secondary N) is 1. The highest BCUT2D eigenvalue weighted by Crippen LogP contribution is 2.59. The molecule has 0 bridgehead atoms. The van der Waals surface area contributed by atoms with Gasteiger partial charge >= 0.3 is 12.1 Å². The van der Waals surface area contributed by atoms with Crippen LogP contribution < -0.4 is 29.0 Å². The summed E-state index contributed by atoms with van der Waals surface area (Å²) in [7, 11) is 5.76. The maximum atomic E-state index is 12.7. The number of fused-ring (bicyclic) bond motifs is 1. The molecule has 2 atom stereocenters. The predicted octanol–water partition coefficient (Wildman–Crippen LogP) is 3.50. The number of hydrogen-bond acceptors (Lipinski definition) is 10. The van der Waals surface area contributed by atoms with E-state index in [1.807, 2.05) is 6.07 Å². The average molecular weight is 516 g/mol. The van der Waals surface area contributed by atoms with E-state index in [0.29, 0.717) is 35.0 Å². The second kappa shape index (κ2) is 11.3. The summed E-state index contributed by atoms with van der Waals surface area (Å²) in [6, 6.07) is 5.29. The summed E-state index contributed by atoms with van der Waals surface area (Å²) in [4.78, 5) is 24.6. The first-order chi connectivity index (χ1) is 18.0. The Kier molecular flexibility index (Phi) is 7.92. The zero-order valence-corrected chi connectivity index (χ0v) is 21.1. The summed E-state index contributed by atoms with van der Waals surface area (Å²) in [5.74, 6) is 1.52. The van der Waals surface area contributed by atoms with E-state index in [0.717, 1.165) is 11.1 Å². The van der Waals surface area contributed by atoms with Crippen LogP contribution in [0.3, 0.4) is 0 Å². The molecule has 2 aliphatic heterocycles. The van der Waals surface area contributed by atoms with Gasteiger partial charge in [0, 0.05) is 17.7 Å². The van der Waals surface area contributed by atoms with Crippen LogP contribution in [-0.4, -0.2) is 60.4 Å². The van der Waals surface area contributed by atoms with E-state index in [9.17, 15) is 9.59 Å². The molecule has 2 aromatic rings. The summed E-state index contributed by atoms with van der Waals surface area (Å²) in [6.45, 7) is 3.97. The number of epoxide rings is 1. The van der Waals surface area contributed by atoms with Crippen molar-refractivity contribution in [2.75, 3.05) is 48.4 Å². The largest absolute Gasteiger partial charge is 0.493 e. The third kappa shape index (κ3) is 5.08. The van der Waals surface area contributed by atoms with Gasteiger partial charge in [0.15, 0.2) is 23.0 Å². The molecule has 0 saturated carbocycles. The van der Waals surface area contributed by atoms with Gasteiger partial charge in [-0.25, -0.2) is 9.59 Å². The fraction of sp³-hybridized carbons (Fsp3) is 0.385. The second-order valence-corrected chi connectivity index (χ2v) is 8.01. The number of ether oxygens (including phenoxy) is 8. The maximum Gasteiger partial charge on any atom is 0.407 e. The lowest BCUT2D eigenvalue weighted by Crippen LogP contribution is -2.26. The summed E-state index contributed by atoms with van der Waals surface area (Å²) in [5.41, 5.74) is 2.33. The van der Waals surface area contributed by atoms with Crippen molar-refractivity contribution in [2.24, 2.45) is 0 Å². The van der Waals surface area contributed by atoms with Crippen LogP contribution in [0.4, 0.5) is 4.79 Å². The van der Waals surface area contributed by atoms with E-state index < -0.39 is 24.3 Å². The highest BCUT2D eigenvalue weighted by molar-refractivity contribution is 5.95. The monoisotopic (exact) mass is 515 g/mol. The lowest BCUT2D eigenvalue weighted by Gasteiger charge is -2.16. The Morgan fingerprint density at radius 2 is 1.86 bits per heavy atom. The van der Waals surface area contributed by atoms with Crippen molar-refractivity contribution in [2.45, 2.75) is 18.6 Å². The molecular weight excluding hydrogens is 486 g/mol. The van der Waals surface area contributed by atoms with Gasteiger partial charge < -0.3 is 43.2 Å². The number of esters is 1. The Labute approximate surface area is 214 Å². The molecule has 0 unspecified atom stereocenters. The van der Waals surface area contributed by atoms with Crippen molar-refractivity contribution in [1.29, 1.82) is 0 Å². The summed E-state index contributed by atoms with van der Waals surface area (Å²) in [6.07, 6.45) is 0.374. The van der Waals surface area contributed by atoms with Gasteiger partial charge in [-0.15, -0.1) is 0 Å². The van der Waals surface area contributed by atoms with Gasteiger partial charge in [0.05, 0.1) is 28.4 Å². The van der Waals surface area contributed by atoms with Crippen LogP contribution in [0, 0.1) is 0 Å². The number of carbonyl (C=O) groups excluding carboxylic acids is 2. The van der Waals surface area contributed by atoms with Crippen LogP contribution in [0.1, 0.15) is 39.3 Å². The lowest BCUT2D eigenvalue weighted by molar-refractivity contribution is 0.0594. The number of rotatable bonds is 11. The highest BCUT2D eigenvalue weighted by Gasteiger charge is 2.48. The minimum Gasteiger partial charge on any atom is -0.493 e. The topological polar surface area (TPSA) is 123 Å². The van der Waals surface area contributed by atoms with E-state index in [-0.39, 0.29) is 31.3 Å². The SMILES string of the molecule is C=CCOC(=O)NCCc1cc2c(c(OC)c1[C@H]1O[C@@H]1c1ccc(OC)c(OC)c1C(=O)OC)OCO2. The zero-order chi connectivity index (χ0) is 26.5. The summed E-state index contributed by atoms with van der Waals surface area (Å²) in [5, 5.41) is 2.71. The van der Waals surface area contributed by atoms with Crippen LogP contribution in [0.5, 0.6) is 28.7 Å². The first-order valence-electron chi connectivity index (χ1n) is 11.5. The Bertz CT molecular complexity index is 1190. The molecule has 0 radical (unpaired) electrons. The van der Waals surface area contributed by atoms with Crippen LogP contribution in [0.2, 0.25) is 0 Å². The van der Waals surface area contributed by atoms with Gasteiger partial charge in [-0.1, -0.05) is 18.7 Å². The Balaban J connectivity index is 1.69. The summed E-state index contributed by atoms with van der Waals surface area (Å²) >= 11 is 0. The predicted molar refractivity (Wildman–Crippen MR) is 130 cm³/mol. The third-order valence-corrected chi connectivity index (χ3v) is 5.99. The van der Waals surface area contributed by atoms with Crippen molar-refractivity contribution in [1.82, 2.24) is 5.32 Å². The smallest absolute Gasteiger partial charge is 0.407 e. The molecule has 2 heterocycles. The van der Waals surface area contributed by atoms with E-state index in [1.54, 1.807) is 12.1 Å². The van der Waals surface area contributed by atoms with Crippen molar-refractivity contribution >= 4 is 12.1 Å². The van der Waals surface area contributed by atoms with E-state index in [4.69, 9.17) is 37.9 Å². The van der Waals surface area contributed by atoms with Gasteiger partial charge in [-0.05, 0) is 24.1 Å². The van der Waals surface area contributed by atoms with Crippen LogP contribution in [0.15, 0.2) is 30.9 Å². The Hall–Kier alpha value is -4.12. The second-order valence-electron chi connectivity index (χ2n) is 8.01. The van der Waals surface area contributed by atoms with E-state index in [2.05, 4.69) is 11.9 Å². The number of carbonyl (C=O) groups is 2. The molecule has 37 heavy (non-hydrogen) atoms. The number of methoxy groups -OCH3 is 4. The standard InChI is InChI=1S/C26H29NO10/c1-6-11-34-26(29)27-10-9-14-12-17-22(36-13-35-17)23(32-4)18(14)24-20(37-24)15-7-8-16(30-2)21(31-3)19(15)25(28)33-5/h6-8,12,20,24H,1,9-11,13H2,2-5H3,(H,27,29)/t20-,24-/m1/s1. The number of alkyl carbamates (subject to hydrolysis) is 1. The maximum absolute atomic E-state index is 12.7. The average Bonchev–Trinajstić information content (AvgIpc) is 3.56. The molecule has 0 aliphatic carbocycles. The van der Waals surface area contributed by atoms with Crippen LogP contribution in [-0.2, 0) is 20.6 Å². The molecule has 11 nitrogen and oxygen atoms in total. The van der Waals surface area contributed by atoms with E-state index in [1.165, 1.54) is 34.5 Å². The van der Waals surface area contributed by atoms with Crippen LogP contribution in [0.25, 0.3) is 0 Å². The lowest BCUT2D eigenvalue weighted by atomic mass is 9.93. The number of amides is 1. The normalized spacial score (nSPS) is 17.0. The fourth-order valence-corrected chi connectivity index (χ4v) is 4.34. The van der Waals surface area contributed by atoms with Gasteiger partial charge in [0.25, 0.3) is 0 Å². The van der Waals surface area contributed by atoms with Gasteiger partial charge in [0.2, 0.25) is 12.5 Å². The van der Waals surface area contributed by atoms with E-state index >= 15 is 0 Å². The summed E-state index contributed by atoms with van der Waals surface area (Å²) < 4.78 is 43.9. The highest BCUT2D eigenvalue weighted by atomic mass is 16.7. The fourth-order valence-electron chi connectivity index (χ4n) is 4.34. The Morgan fingerprint density at radius 1 is 1.08 bits per heavy atom. The minimum atomic E-state index is -0.583. The molecule has 2 aromatic carbocycles. The van der Waals surface area contributed by atoms with Gasteiger partial charge in [-0.3, -0.25) is 0 Å². The van der Waals surface area contributed by atoms with Crippen molar-refractivity contribution in [3.8, 4) is 28.7 Å². The van der Waals surface area contributed by atoms with Crippen molar-refractivity contribution < 1.29 is 47.5 Å². The minimum absolute atomic E-state index is 0.0534. The molecule has 1 fully saturated rings. The van der Waals surface area contributed by atoms with Crippen molar-refractivity contribution in [3.63, 3.8) is 0 Å². The van der Waals surface area contributed by atoms with Crippen LogP contribution >= 0.6 is 0 Å². The molecule has 4 rings (SSSR count). The molecule has 0 spiro atoms. The van der Waals surface area contributed by atoms with Crippen molar-refractivity contribution in [3.05, 3.63) is 53.1 Å². The first kappa shape index (κ1) is 26.0.